The van der Waals surface area contributed by atoms with Crippen LogP contribution in [-0.4, -0.2) is 42.1 Å². The number of anilines is 1. The van der Waals surface area contributed by atoms with Crippen LogP contribution in [0.3, 0.4) is 0 Å². The maximum Gasteiger partial charge on any atom is 0.264 e. The molecule has 322 valence electrons. The summed E-state index contributed by atoms with van der Waals surface area (Å²) in [4.78, 5) is 2.63. The van der Waals surface area contributed by atoms with Gasteiger partial charge in [0.25, 0.3) is 10.1 Å². The summed E-state index contributed by atoms with van der Waals surface area (Å²) in [5.41, 5.74) is 13.8. The van der Waals surface area contributed by atoms with E-state index in [4.69, 9.17) is 0 Å². The highest BCUT2D eigenvalue weighted by molar-refractivity contribution is 9.10. The Morgan fingerprint density at radius 1 is 0.774 bits per heavy atom. The molecule has 0 amide bonds. The Kier molecular flexibility index (Phi) is 12.7. The molecule has 5 aromatic rings. The lowest BCUT2D eigenvalue weighted by molar-refractivity contribution is -0.438. The Labute approximate surface area is 378 Å². The van der Waals surface area contributed by atoms with Crippen molar-refractivity contribution in [2.75, 3.05) is 23.7 Å². The molecule has 1 aliphatic carbocycles. The summed E-state index contributed by atoms with van der Waals surface area (Å²) in [7, 11) is -4.02. The van der Waals surface area contributed by atoms with Gasteiger partial charge < -0.3 is 4.90 Å². The fourth-order valence-electron chi connectivity index (χ4n) is 10.6. The predicted molar refractivity (Wildman–Crippen MR) is 266 cm³/mol. The van der Waals surface area contributed by atoms with Gasteiger partial charge in [-0.25, -0.2) is 0 Å². The maximum absolute atomic E-state index is 11.7. The van der Waals surface area contributed by atoms with E-state index in [9.17, 15) is 13.0 Å². The molecule has 62 heavy (non-hydrogen) atoms. The van der Waals surface area contributed by atoms with Crippen LogP contribution in [0.2, 0.25) is 0 Å². The van der Waals surface area contributed by atoms with Gasteiger partial charge >= 0.3 is 0 Å². The predicted octanol–water partition coefficient (Wildman–Crippen LogP) is 14.5. The van der Waals surface area contributed by atoms with Crippen molar-refractivity contribution < 1.29 is 17.5 Å². The molecule has 3 aliphatic rings. The molecule has 0 aromatic heterocycles. The van der Waals surface area contributed by atoms with Gasteiger partial charge in [-0.05, 0) is 133 Å². The molecule has 0 saturated heterocycles. The number of allylic oxidation sites excluding steroid dienone is 8. The summed E-state index contributed by atoms with van der Waals surface area (Å²) in [5.74, 6) is -0.233. The molecule has 2 aliphatic heterocycles. The Balaban J connectivity index is 1.23. The average Bonchev–Trinajstić information content (AvgIpc) is 3.59. The molecule has 0 unspecified atom stereocenters. The van der Waals surface area contributed by atoms with Gasteiger partial charge in [-0.3, -0.25) is 4.55 Å². The molecule has 0 fully saturated rings. The van der Waals surface area contributed by atoms with Crippen LogP contribution in [-0.2, 0) is 20.9 Å². The van der Waals surface area contributed by atoms with E-state index in [1.807, 2.05) is 0 Å². The number of nitrogens with zero attached hydrogens (tertiary/aromatic N) is 2. The first-order valence-electron chi connectivity index (χ1n) is 22.7. The van der Waals surface area contributed by atoms with Gasteiger partial charge in [0.1, 0.15) is 6.54 Å². The van der Waals surface area contributed by atoms with Crippen LogP contribution in [0, 0.1) is 6.92 Å². The third-order valence-corrected chi connectivity index (χ3v) is 14.9. The van der Waals surface area contributed by atoms with Crippen molar-refractivity contribution in [1.82, 2.24) is 0 Å². The number of hydrogen-bond acceptors (Lipinski definition) is 3. The van der Waals surface area contributed by atoms with Crippen molar-refractivity contribution in [3.05, 3.63) is 159 Å². The minimum Gasteiger partial charge on any atom is -0.344 e. The minimum atomic E-state index is -4.02. The highest BCUT2D eigenvalue weighted by atomic mass is 79.9. The van der Waals surface area contributed by atoms with Crippen LogP contribution in [0.5, 0.6) is 0 Å². The number of halogens is 1. The largest absolute Gasteiger partial charge is 0.344 e. The molecule has 5 aromatic carbocycles. The highest BCUT2D eigenvalue weighted by Gasteiger charge is 2.46. The van der Waals surface area contributed by atoms with Gasteiger partial charge in [0, 0.05) is 51.9 Å². The summed E-state index contributed by atoms with van der Waals surface area (Å²) in [6.07, 6.45) is 18.6. The van der Waals surface area contributed by atoms with Crippen LogP contribution < -0.4 is 4.90 Å². The quantitative estimate of drug-likeness (QED) is 0.0685. The summed E-state index contributed by atoms with van der Waals surface area (Å²) in [5, 5.41) is 5.07. The molecule has 5 nitrogen and oxygen atoms in total. The number of benzene rings is 5. The Bertz CT molecular complexity index is 2810. The molecule has 0 bridgehead atoms. The van der Waals surface area contributed by atoms with Crippen molar-refractivity contribution in [3.63, 3.8) is 0 Å². The first-order valence-corrected chi connectivity index (χ1v) is 25.1. The first-order chi connectivity index (χ1) is 29.7. The second-order valence-electron chi connectivity index (χ2n) is 18.7. The molecule has 0 atom stereocenters. The highest BCUT2D eigenvalue weighted by Crippen LogP contribution is 2.52. The molecule has 8 rings (SSSR count). The molecule has 7 heteroatoms. The zero-order valence-electron chi connectivity index (χ0n) is 37.4. The van der Waals surface area contributed by atoms with Gasteiger partial charge in [-0.15, -0.1) is 0 Å². The Morgan fingerprint density at radius 3 is 2.29 bits per heavy atom. The van der Waals surface area contributed by atoms with Crippen molar-refractivity contribution in [3.8, 4) is 0 Å². The zero-order valence-corrected chi connectivity index (χ0v) is 39.8. The number of aryl methyl sites for hydroxylation is 1. The molecule has 0 radical (unpaired) electrons. The number of fused-ring (bicyclic) bond motifs is 6. The first kappa shape index (κ1) is 44.1. The summed E-state index contributed by atoms with van der Waals surface area (Å²) >= 11 is 3.68. The van der Waals surface area contributed by atoms with E-state index in [-0.39, 0.29) is 16.6 Å². The lowest BCUT2D eigenvalue weighted by Gasteiger charge is -2.28. The molecule has 2 heterocycles. The van der Waals surface area contributed by atoms with Crippen LogP contribution >= 0.6 is 15.9 Å². The van der Waals surface area contributed by atoms with E-state index in [1.54, 1.807) is 0 Å². The van der Waals surface area contributed by atoms with Crippen molar-refractivity contribution in [2.45, 2.75) is 110 Å². The zero-order chi connectivity index (χ0) is 43.8. The molecule has 0 spiro atoms. The lowest BCUT2D eigenvalue weighted by atomic mass is 9.78. The van der Waals surface area contributed by atoms with E-state index in [2.05, 4.69) is 182 Å². The van der Waals surface area contributed by atoms with Gasteiger partial charge in [0.05, 0.1) is 11.2 Å². The Hall–Kier alpha value is -4.56. The normalized spacial score (nSPS) is 18.6. The smallest absolute Gasteiger partial charge is 0.264 e. The van der Waals surface area contributed by atoms with Gasteiger partial charge in [-0.1, -0.05) is 134 Å². The standard InChI is InChI=1S/C55H61BrN2O3S/c1-7-8-9-13-33-57-47-29-22-42-36-38(2)21-27-45(42)52(47)54(3,4)49(57)31-24-40-19-16-20-41(51(40)39-17-11-10-12-18-39)25-32-50-55(5,6)53-46-28-26-44(56)37-43(46)23-30-48(53)58(50)34-14-15-35-62(59,60)61/h10-12,17-18,21-32,36-37H,7-9,13-16,19-20,33-35H2,1-6H3/p+1. The summed E-state index contributed by atoms with van der Waals surface area (Å²) in [6, 6.07) is 33.4. The minimum absolute atomic E-state index is 0.176. The number of unbranched alkanes of at least 4 members (excludes halogenated alkanes) is 4. The molecule has 1 N–H and O–H groups in total. The third kappa shape index (κ3) is 8.70. The SMILES string of the molecule is CCCCCCN1C(=CC=C2CCCC(C=CC3=[N+](CCCCS(=O)(=O)O)c4ccc5cc(Br)ccc5c4C3(C)C)=C2c2ccccc2)C(C)(C)c2c1ccc1cc(C)ccc21. The fraction of sp³-hybridized carbons (Fsp3) is 0.364. The topological polar surface area (TPSA) is 60.6 Å². The molecular formula is C55H62BrN2O3S+. The van der Waals surface area contributed by atoms with E-state index in [0.29, 0.717) is 19.4 Å². The number of rotatable bonds is 14. The summed E-state index contributed by atoms with van der Waals surface area (Å²) < 4.78 is 36.3. The van der Waals surface area contributed by atoms with E-state index < -0.39 is 10.1 Å². The van der Waals surface area contributed by atoms with Crippen LogP contribution in [0.1, 0.15) is 115 Å². The van der Waals surface area contributed by atoms with E-state index >= 15 is 0 Å². The Morgan fingerprint density at radius 2 is 1.52 bits per heavy atom. The van der Waals surface area contributed by atoms with Gasteiger partial charge in [-0.2, -0.15) is 13.0 Å². The second-order valence-corrected chi connectivity index (χ2v) is 21.2. The van der Waals surface area contributed by atoms with Crippen LogP contribution in [0.15, 0.2) is 137 Å². The van der Waals surface area contributed by atoms with E-state index in [0.717, 1.165) is 42.4 Å². The average molecular weight is 911 g/mol. The monoisotopic (exact) mass is 909 g/mol. The third-order valence-electron chi connectivity index (χ3n) is 13.6. The fourth-order valence-corrected chi connectivity index (χ4v) is 11.6. The van der Waals surface area contributed by atoms with Crippen LogP contribution in [0.25, 0.3) is 27.1 Å². The summed E-state index contributed by atoms with van der Waals surface area (Å²) in [6.45, 7) is 15.6. The second kappa shape index (κ2) is 17.9. The van der Waals surface area contributed by atoms with Crippen LogP contribution in [0.4, 0.5) is 11.4 Å². The van der Waals surface area contributed by atoms with Gasteiger partial charge in [0.2, 0.25) is 5.69 Å². The maximum atomic E-state index is 11.7. The van der Waals surface area contributed by atoms with Crippen molar-refractivity contribution in [2.24, 2.45) is 0 Å². The van der Waals surface area contributed by atoms with Crippen molar-refractivity contribution >= 4 is 70.3 Å². The molecular weight excluding hydrogens is 849 g/mol. The van der Waals surface area contributed by atoms with E-state index in [1.165, 1.54) is 96.9 Å². The van der Waals surface area contributed by atoms with Gasteiger partial charge in [0.15, 0.2) is 5.71 Å². The van der Waals surface area contributed by atoms with Crippen molar-refractivity contribution in [1.29, 1.82) is 0 Å². The number of hydrogen-bond donors (Lipinski definition) is 1. The lowest BCUT2D eigenvalue weighted by Crippen LogP contribution is -2.28. The molecule has 0 saturated carbocycles.